The van der Waals surface area contributed by atoms with Crippen LogP contribution in [0.25, 0.3) is 11.0 Å². The van der Waals surface area contributed by atoms with E-state index >= 15 is 0 Å². The van der Waals surface area contributed by atoms with Gasteiger partial charge in [0, 0.05) is 31.4 Å². The highest BCUT2D eigenvalue weighted by Crippen LogP contribution is 2.32. The summed E-state index contributed by atoms with van der Waals surface area (Å²) in [7, 11) is 0. The number of halogens is 3. The minimum absolute atomic E-state index is 0.0406. The Hall–Kier alpha value is -2.99. The molecular formula is C24H33F3N8O. The first-order valence-corrected chi connectivity index (χ1v) is 12.1. The van der Waals surface area contributed by atoms with Crippen LogP contribution in [0.1, 0.15) is 44.9 Å². The summed E-state index contributed by atoms with van der Waals surface area (Å²) in [5.74, 6) is 1.71. The van der Waals surface area contributed by atoms with Crippen molar-refractivity contribution in [1.29, 1.82) is 0 Å². The molecule has 12 heteroatoms. The number of aryl methyl sites for hydroxylation is 1. The number of hydrogen-bond donors (Lipinski definition) is 2. The van der Waals surface area contributed by atoms with E-state index in [-0.39, 0.29) is 31.2 Å². The molecule has 1 aliphatic rings. The summed E-state index contributed by atoms with van der Waals surface area (Å²) in [6.07, 6.45) is -2.63. The van der Waals surface area contributed by atoms with E-state index in [9.17, 15) is 13.2 Å². The highest BCUT2D eigenvalue weighted by Gasteiger charge is 2.29. The predicted molar refractivity (Wildman–Crippen MR) is 133 cm³/mol. The van der Waals surface area contributed by atoms with E-state index in [0.717, 1.165) is 24.3 Å². The molecule has 2 N–H and O–H groups in total. The lowest BCUT2D eigenvalue weighted by Gasteiger charge is -2.36. The molecule has 3 aromatic heterocycles. The molecule has 9 nitrogen and oxygen atoms in total. The quantitative estimate of drug-likeness (QED) is 0.440. The maximum atomic E-state index is 12.6. The zero-order valence-corrected chi connectivity index (χ0v) is 21.2. The normalized spacial score (nSPS) is 18.9. The molecule has 36 heavy (non-hydrogen) atoms. The Balaban J connectivity index is 1.77. The van der Waals surface area contributed by atoms with Gasteiger partial charge < -0.3 is 20.3 Å². The third-order valence-corrected chi connectivity index (χ3v) is 5.86. The third-order valence-electron chi connectivity index (χ3n) is 5.86. The second kappa shape index (κ2) is 10.6. The predicted octanol–water partition coefficient (Wildman–Crippen LogP) is 4.16. The Morgan fingerprint density at radius 3 is 2.50 bits per heavy atom. The van der Waals surface area contributed by atoms with Crippen molar-refractivity contribution in [2.24, 2.45) is 0 Å². The highest BCUT2D eigenvalue weighted by atomic mass is 19.4. The van der Waals surface area contributed by atoms with Gasteiger partial charge in [-0.15, -0.1) is 0 Å². The summed E-state index contributed by atoms with van der Waals surface area (Å²) in [6.45, 7) is 10.4. The maximum absolute atomic E-state index is 12.6. The second-order valence-corrected chi connectivity index (χ2v) is 9.72. The molecule has 0 amide bonds. The molecule has 4 heterocycles. The van der Waals surface area contributed by atoms with Gasteiger partial charge in [0.15, 0.2) is 5.82 Å². The average Bonchev–Trinajstić information content (AvgIpc) is 3.16. The fraction of sp³-hybridized carbons (Fsp3) is 0.583. The zero-order valence-electron chi connectivity index (χ0n) is 21.2. The van der Waals surface area contributed by atoms with E-state index in [1.165, 1.54) is 0 Å². The van der Waals surface area contributed by atoms with Gasteiger partial charge in [-0.3, -0.25) is 4.68 Å². The molecule has 0 unspecified atom stereocenters. The molecule has 1 aliphatic heterocycles. The highest BCUT2D eigenvalue weighted by molar-refractivity contribution is 5.90. The third kappa shape index (κ3) is 6.22. The Morgan fingerprint density at radius 1 is 1.17 bits per heavy atom. The van der Waals surface area contributed by atoms with Crippen molar-refractivity contribution in [2.45, 2.75) is 65.3 Å². The van der Waals surface area contributed by atoms with Gasteiger partial charge in [-0.2, -0.15) is 23.3 Å². The minimum Gasteiger partial charge on any atom is -0.370 e. The van der Waals surface area contributed by atoms with Crippen LogP contribution in [0.15, 0.2) is 18.3 Å². The molecule has 0 spiro atoms. The number of nitrogens with zero attached hydrogens (tertiary/aromatic N) is 6. The van der Waals surface area contributed by atoms with Crippen LogP contribution >= 0.6 is 0 Å². The first-order valence-electron chi connectivity index (χ1n) is 12.1. The number of ether oxygens (including phenoxy) is 1. The second-order valence-electron chi connectivity index (χ2n) is 9.72. The van der Waals surface area contributed by atoms with Crippen LogP contribution in [0, 0.1) is 6.92 Å². The summed E-state index contributed by atoms with van der Waals surface area (Å²) in [4.78, 5) is 16.4. The summed E-state index contributed by atoms with van der Waals surface area (Å²) in [5.41, 5.74) is 3.04. The monoisotopic (exact) mass is 506 g/mol. The van der Waals surface area contributed by atoms with Gasteiger partial charge in [-0.25, -0.2) is 9.97 Å². The van der Waals surface area contributed by atoms with Crippen LogP contribution in [0.4, 0.5) is 30.8 Å². The zero-order chi connectivity index (χ0) is 26.0. The number of nitrogens with one attached hydrogen (secondary N) is 2. The summed E-state index contributed by atoms with van der Waals surface area (Å²) < 4.78 is 44.2. The number of aromatic nitrogens is 5. The largest absolute Gasteiger partial charge is 0.411 e. The van der Waals surface area contributed by atoms with E-state index in [0.29, 0.717) is 28.6 Å². The Morgan fingerprint density at radius 2 is 1.89 bits per heavy atom. The van der Waals surface area contributed by atoms with Gasteiger partial charge >= 0.3 is 6.18 Å². The number of hydrogen-bond acceptors (Lipinski definition) is 8. The van der Waals surface area contributed by atoms with Crippen molar-refractivity contribution in [3.05, 3.63) is 29.6 Å². The van der Waals surface area contributed by atoms with E-state index in [2.05, 4.69) is 34.4 Å². The molecule has 3 aromatic rings. The van der Waals surface area contributed by atoms with Gasteiger partial charge in [0.1, 0.15) is 23.5 Å². The fourth-order valence-corrected chi connectivity index (χ4v) is 4.36. The maximum Gasteiger partial charge on any atom is 0.411 e. The van der Waals surface area contributed by atoms with E-state index in [1.807, 2.05) is 32.9 Å². The molecule has 0 saturated carbocycles. The SMILES string of the molecule is Cc1ccc(Nc2nc(N3C[C@@H](C)N[C@@H](C)C3)nc3c(C(C)C)nn(CCOCC(F)(F)F)c23)nc1. The summed E-state index contributed by atoms with van der Waals surface area (Å²) in [5, 5.41) is 11.5. The first kappa shape index (κ1) is 26.1. The fourth-order valence-electron chi connectivity index (χ4n) is 4.36. The summed E-state index contributed by atoms with van der Waals surface area (Å²) in [6, 6.07) is 4.33. The number of anilines is 3. The molecule has 0 aliphatic carbocycles. The lowest BCUT2D eigenvalue weighted by molar-refractivity contribution is -0.174. The Labute approximate surface area is 208 Å². The van der Waals surface area contributed by atoms with Crippen molar-refractivity contribution in [2.75, 3.05) is 36.5 Å². The van der Waals surface area contributed by atoms with Crippen molar-refractivity contribution < 1.29 is 17.9 Å². The Kier molecular flexibility index (Phi) is 7.65. The number of fused-ring (bicyclic) bond motifs is 1. The van der Waals surface area contributed by atoms with E-state index in [4.69, 9.17) is 19.8 Å². The molecule has 0 bridgehead atoms. The topological polar surface area (TPSA) is 93.0 Å². The molecule has 2 atom stereocenters. The number of rotatable bonds is 8. The molecule has 1 fully saturated rings. The number of alkyl halides is 3. The first-order chi connectivity index (χ1) is 17.0. The minimum atomic E-state index is -4.38. The van der Waals surface area contributed by atoms with Crippen molar-refractivity contribution in [3.63, 3.8) is 0 Å². The van der Waals surface area contributed by atoms with Crippen LogP contribution in [-0.4, -0.2) is 69.3 Å². The smallest absolute Gasteiger partial charge is 0.370 e. The number of pyridine rings is 1. The Bertz CT molecular complexity index is 1170. The van der Waals surface area contributed by atoms with Gasteiger partial charge in [-0.1, -0.05) is 19.9 Å². The molecule has 0 aromatic carbocycles. The van der Waals surface area contributed by atoms with Crippen LogP contribution in [0.5, 0.6) is 0 Å². The average molecular weight is 507 g/mol. The lowest BCUT2D eigenvalue weighted by atomic mass is 10.1. The summed E-state index contributed by atoms with van der Waals surface area (Å²) >= 11 is 0. The lowest BCUT2D eigenvalue weighted by Crippen LogP contribution is -2.54. The van der Waals surface area contributed by atoms with Crippen molar-refractivity contribution in [3.8, 4) is 0 Å². The molecular weight excluding hydrogens is 473 g/mol. The van der Waals surface area contributed by atoms with Crippen molar-refractivity contribution >= 4 is 28.6 Å². The molecule has 0 radical (unpaired) electrons. The van der Waals surface area contributed by atoms with Crippen LogP contribution in [-0.2, 0) is 11.3 Å². The van der Waals surface area contributed by atoms with Crippen LogP contribution in [0.3, 0.4) is 0 Å². The molecule has 4 rings (SSSR count). The van der Waals surface area contributed by atoms with Gasteiger partial charge in [0.25, 0.3) is 0 Å². The number of piperazine rings is 1. The standard InChI is InChI=1S/C24H33F3N8O/c1-14(2)19-20-21(35(33-19)8-9-36-13-24(25,26)27)22(30-18-7-6-15(3)10-28-18)32-23(31-20)34-11-16(4)29-17(5)12-34/h6-7,10,14,16-17,29H,8-9,11-13H2,1-5H3,(H,28,30,31,32)/t16-,17+. The molecule has 196 valence electrons. The van der Waals surface area contributed by atoms with Crippen molar-refractivity contribution in [1.82, 2.24) is 30.0 Å². The van der Waals surface area contributed by atoms with E-state index < -0.39 is 12.8 Å². The van der Waals surface area contributed by atoms with Crippen LogP contribution in [0.2, 0.25) is 0 Å². The van der Waals surface area contributed by atoms with Gasteiger partial charge in [0.2, 0.25) is 5.95 Å². The van der Waals surface area contributed by atoms with Gasteiger partial charge in [0.05, 0.1) is 18.8 Å². The van der Waals surface area contributed by atoms with Gasteiger partial charge in [-0.05, 0) is 38.3 Å². The van der Waals surface area contributed by atoms with E-state index in [1.54, 1.807) is 10.9 Å². The molecule has 1 saturated heterocycles. The van der Waals surface area contributed by atoms with Crippen LogP contribution < -0.4 is 15.5 Å².